The highest BCUT2D eigenvalue weighted by molar-refractivity contribution is 5.85. The first-order chi connectivity index (χ1) is 12.0. The summed E-state index contributed by atoms with van der Waals surface area (Å²) in [5.41, 5.74) is 0.945. The van der Waals surface area contributed by atoms with Crippen molar-refractivity contribution in [3.8, 4) is 0 Å². The molecule has 0 saturated carbocycles. The largest absolute Gasteiger partial charge is 0.353 e. The van der Waals surface area contributed by atoms with Crippen LogP contribution in [0.5, 0.6) is 0 Å². The van der Waals surface area contributed by atoms with Gasteiger partial charge in [0.25, 0.3) is 0 Å². The molecule has 5 heteroatoms. The summed E-state index contributed by atoms with van der Waals surface area (Å²) in [6, 6.07) is 3.81. The Morgan fingerprint density at radius 2 is 2.08 bits per heavy atom. The average Bonchev–Trinajstić information content (AvgIpc) is 2.61. The van der Waals surface area contributed by atoms with E-state index < -0.39 is 0 Å². The fraction of sp³-hybridized carbons (Fsp3) is 0.650. The van der Waals surface area contributed by atoms with Crippen LogP contribution in [0.25, 0.3) is 0 Å². The summed E-state index contributed by atoms with van der Waals surface area (Å²) in [7, 11) is 0. The van der Waals surface area contributed by atoms with Crippen molar-refractivity contribution < 1.29 is 9.59 Å². The van der Waals surface area contributed by atoms with Crippen LogP contribution in [0.4, 0.5) is 0 Å². The average molecular weight is 345 g/mol. The van der Waals surface area contributed by atoms with E-state index >= 15 is 0 Å². The van der Waals surface area contributed by atoms with E-state index in [1.807, 2.05) is 17.0 Å². The lowest BCUT2D eigenvalue weighted by molar-refractivity contribution is -0.144. The standard InChI is InChI=1S/C20H31N3O2/c1-5-16(6-2)22-20(25)17-9-10-18(24)23(13-14(3)4)19(17)15-8-7-11-21-12-15/h7-8,11-12,14,16-17,19H,5-6,9-10,13H2,1-4H3,(H,22,25)/t17-,19+/m1/s1. The van der Waals surface area contributed by atoms with E-state index in [1.165, 1.54) is 0 Å². The Morgan fingerprint density at radius 3 is 2.64 bits per heavy atom. The number of amides is 2. The Hall–Kier alpha value is -1.91. The molecule has 1 aliphatic heterocycles. The molecule has 0 aromatic carbocycles. The van der Waals surface area contributed by atoms with Crippen LogP contribution in [0.2, 0.25) is 0 Å². The maximum Gasteiger partial charge on any atom is 0.225 e. The van der Waals surface area contributed by atoms with Gasteiger partial charge in [-0.05, 0) is 36.8 Å². The number of hydrogen-bond acceptors (Lipinski definition) is 3. The topological polar surface area (TPSA) is 62.3 Å². The molecule has 2 heterocycles. The summed E-state index contributed by atoms with van der Waals surface area (Å²) in [6.07, 6.45) is 6.37. The molecule has 0 unspecified atom stereocenters. The van der Waals surface area contributed by atoms with Gasteiger partial charge in [-0.2, -0.15) is 0 Å². The minimum absolute atomic E-state index is 0.0591. The van der Waals surface area contributed by atoms with Crippen molar-refractivity contribution in [3.63, 3.8) is 0 Å². The van der Waals surface area contributed by atoms with E-state index in [9.17, 15) is 9.59 Å². The smallest absolute Gasteiger partial charge is 0.225 e. The number of carbonyl (C=O) groups excluding carboxylic acids is 2. The number of carbonyl (C=O) groups is 2. The van der Waals surface area contributed by atoms with Crippen LogP contribution >= 0.6 is 0 Å². The molecule has 1 N–H and O–H groups in total. The molecule has 2 atom stereocenters. The number of pyridine rings is 1. The van der Waals surface area contributed by atoms with E-state index in [4.69, 9.17) is 0 Å². The van der Waals surface area contributed by atoms with E-state index in [1.54, 1.807) is 12.4 Å². The normalized spacial score (nSPS) is 21.0. The minimum Gasteiger partial charge on any atom is -0.353 e. The maximum atomic E-state index is 13.0. The van der Waals surface area contributed by atoms with Gasteiger partial charge in [0.1, 0.15) is 0 Å². The highest BCUT2D eigenvalue weighted by Crippen LogP contribution is 2.37. The van der Waals surface area contributed by atoms with Gasteiger partial charge in [0.2, 0.25) is 11.8 Å². The molecule has 2 rings (SSSR count). The van der Waals surface area contributed by atoms with Gasteiger partial charge in [-0.1, -0.05) is 33.8 Å². The van der Waals surface area contributed by atoms with Crippen LogP contribution in [-0.2, 0) is 9.59 Å². The molecule has 1 aromatic heterocycles. The quantitative estimate of drug-likeness (QED) is 0.824. The fourth-order valence-corrected chi connectivity index (χ4v) is 3.60. The molecule has 0 aliphatic carbocycles. The summed E-state index contributed by atoms with van der Waals surface area (Å²) >= 11 is 0. The third kappa shape index (κ3) is 4.80. The predicted octanol–water partition coefficient (Wildman–Crippen LogP) is 3.32. The number of nitrogens with zero attached hydrogens (tertiary/aromatic N) is 2. The van der Waals surface area contributed by atoms with Gasteiger partial charge in [-0.15, -0.1) is 0 Å². The van der Waals surface area contributed by atoms with Gasteiger partial charge in [0, 0.05) is 31.4 Å². The van der Waals surface area contributed by atoms with Gasteiger partial charge < -0.3 is 10.2 Å². The van der Waals surface area contributed by atoms with E-state index in [0.29, 0.717) is 25.3 Å². The lowest BCUT2D eigenvalue weighted by Gasteiger charge is -2.42. The first-order valence-corrected chi connectivity index (χ1v) is 9.47. The Bertz CT molecular complexity index is 570. The summed E-state index contributed by atoms with van der Waals surface area (Å²) in [5.74, 6) is 0.322. The second-order valence-corrected chi connectivity index (χ2v) is 7.34. The van der Waals surface area contributed by atoms with Crippen molar-refractivity contribution in [2.45, 2.75) is 65.5 Å². The highest BCUT2D eigenvalue weighted by atomic mass is 16.2. The van der Waals surface area contributed by atoms with Gasteiger partial charge in [-0.25, -0.2) is 0 Å². The highest BCUT2D eigenvalue weighted by Gasteiger charge is 2.41. The molecule has 0 spiro atoms. The zero-order valence-corrected chi connectivity index (χ0v) is 15.9. The lowest BCUT2D eigenvalue weighted by Crippen LogP contribution is -2.50. The van der Waals surface area contributed by atoms with E-state index in [0.717, 1.165) is 18.4 Å². The van der Waals surface area contributed by atoms with E-state index in [-0.39, 0.29) is 29.8 Å². The SMILES string of the molecule is CCC(CC)NC(=O)[C@@H]1CCC(=O)N(CC(C)C)[C@H]1c1cccnc1. The number of likely N-dealkylation sites (tertiary alicyclic amines) is 1. The van der Waals surface area contributed by atoms with Crippen LogP contribution in [0.1, 0.15) is 65.0 Å². The maximum absolute atomic E-state index is 13.0. The van der Waals surface area contributed by atoms with Crippen LogP contribution in [-0.4, -0.2) is 34.3 Å². The summed E-state index contributed by atoms with van der Waals surface area (Å²) in [5, 5.41) is 3.18. The van der Waals surface area contributed by atoms with Crippen LogP contribution in [0.15, 0.2) is 24.5 Å². The summed E-state index contributed by atoms with van der Waals surface area (Å²) in [6.45, 7) is 9.03. The molecule has 138 valence electrons. The minimum atomic E-state index is -0.230. The summed E-state index contributed by atoms with van der Waals surface area (Å²) < 4.78 is 0. The van der Waals surface area contributed by atoms with Crippen molar-refractivity contribution >= 4 is 11.8 Å². The molecule has 2 amide bonds. The molecule has 25 heavy (non-hydrogen) atoms. The summed E-state index contributed by atoms with van der Waals surface area (Å²) in [4.78, 5) is 31.7. The van der Waals surface area contributed by atoms with Crippen molar-refractivity contribution in [1.29, 1.82) is 0 Å². The Balaban J connectivity index is 2.32. The lowest BCUT2D eigenvalue weighted by atomic mass is 9.83. The first kappa shape index (κ1) is 19.4. The molecule has 1 fully saturated rings. The van der Waals surface area contributed by atoms with Crippen molar-refractivity contribution in [3.05, 3.63) is 30.1 Å². The fourth-order valence-electron chi connectivity index (χ4n) is 3.60. The van der Waals surface area contributed by atoms with Crippen LogP contribution < -0.4 is 5.32 Å². The van der Waals surface area contributed by atoms with Gasteiger partial charge in [0.05, 0.1) is 12.0 Å². The van der Waals surface area contributed by atoms with E-state index in [2.05, 4.69) is 38.0 Å². The van der Waals surface area contributed by atoms with Gasteiger partial charge in [0.15, 0.2) is 0 Å². The van der Waals surface area contributed by atoms with Gasteiger partial charge in [-0.3, -0.25) is 14.6 Å². The van der Waals surface area contributed by atoms with Crippen molar-refractivity contribution in [2.24, 2.45) is 11.8 Å². The molecule has 0 radical (unpaired) electrons. The number of hydrogen-bond donors (Lipinski definition) is 1. The third-order valence-electron chi connectivity index (χ3n) is 4.96. The predicted molar refractivity (Wildman–Crippen MR) is 98.8 cm³/mol. The molecule has 1 saturated heterocycles. The molecule has 1 aromatic rings. The Kier molecular flexibility index (Phi) is 6.97. The first-order valence-electron chi connectivity index (χ1n) is 9.47. The second-order valence-electron chi connectivity index (χ2n) is 7.34. The Labute approximate surface area is 151 Å². The van der Waals surface area contributed by atoms with Crippen LogP contribution in [0.3, 0.4) is 0 Å². The van der Waals surface area contributed by atoms with Crippen molar-refractivity contribution in [2.75, 3.05) is 6.54 Å². The number of piperidine rings is 1. The molecule has 0 bridgehead atoms. The molecule has 1 aliphatic rings. The molecular formula is C20H31N3O2. The molecule has 5 nitrogen and oxygen atoms in total. The second kappa shape index (κ2) is 8.97. The zero-order chi connectivity index (χ0) is 18.4. The van der Waals surface area contributed by atoms with Gasteiger partial charge >= 0.3 is 0 Å². The zero-order valence-electron chi connectivity index (χ0n) is 15.9. The number of rotatable bonds is 7. The monoisotopic (exact) mass is 345 g/mol. The third-order valence-corrected chi connectivity index (χ3v) is 4.96. The van der Waals surface area contributed by atoms with Crippen molar-refractivity contribution in [1.82, 2.24) is 15.2 Å². The number of aromatic nitrogens is 1. The molecular weight excluding hydrogens is 314 g/mol. The van der Waals surface area contributed by atoms with Crippen LogP contribution in [0, 0.1) is 11.8 Å². The Morgan fingerprint density at radius 1 is 1.36 bits per heavy atom. The number of nitrogens with one attached hydrogen (secondary N) is 1.